The summed E-state index contributed by atoms with van der Waals surface area (Å²) in [5, 5.41) is 0. The number of nitrogens with zero attached hydrogens (tertiary/aromatic N) is 1. The van der Waals surface area contributed by atoms with Gasteiger partial charge in [-0.2, -0.15) is 0 Å². The fourth-order valence-electron chi connectivity index (χ4n) is 1.24. The number of Topliss-reactive ketones (excluding diaryl/α,β-unsaturated/α-hetero) is 1. The highest BCUT2D eigenvalue weighted by molar-refractivity contribution is 5.92. The molecule has 3 nitrogen and oxygen atoms in total. The molecule has 0 aliphatic carbocycles. The molecule has 1 aromatic rings. The predicted molar refractivity (Wildman–Crippen MR) is 43.4 cm³/mol. The highest BCUT2D eigenvalue weighted by atomic mass is 16.5. The van der Waals surface area contributed by atoms with Crippen LogP contribution in [0.3, 0.4) is 0 Å². The zero-order chi connectivity index (χ0) is 8.55. The molecule has 0 aromatic carbocycles. The topological polar surface area (TPSA) is 39.2 Å². The SMILES string of the molecule is CC(=O)c1ccc2c(n1)OCC2. The van der Waals surface area contributed by atoms with Gasteiger partial charge in [0, 0.05) is 18.9 Å². The van der Waals surface area contributed by atoms with Gasteiger partial charge in [0.2, 0.25) is 5.88 Å². The monoisotopic (exact) mass is 163 g/mol. The first-order valence-electron chi connectivity index (χ1n) is 3.91. The van der Waals surface area contributed by atoms with E-state index in [9.17, 15) is 4.79 Å². The van der Waals surface area contributed by atoms with E-state index in [4.69, 9.17) is 4.74 Å². The maximum absolute atomic E-state index is 10.9. The van der Waals surface area contributed by atoms with Crippen LogP contribution in [0, 0.1) is 0 Å². The van der Waals surface area contributed by atoms with Gasteiger partial charge in [-0.3, -0.25) is 4.79 Å². The van der Waals surface area contributed by atoms with Crippen molar-refractivity contribution in [2.45, 2.75) is 13.3 Å². The molecule has 0 bridgehead atoms. The normalized spacial score (nSPS) is 13.8. The van der Waals surface area contributed by atoms with Crippen LogP contribution in [-0.4, -0.2) is 17.4 Å². The van der Waals surface area contributed by atoms with Crippen molar-refractivity contribution in [3.05, 3.63) is 23.4 Å². The molecular formula is C9H9NO2. The first-order chi connectivity index (χ1) is 5.77. The van der Waals surface area contributed by atoms with E-state index < -0.39 is 0 Å². The summed E-state index contributed by atoms with van der Waals surface area (Å²) in [4.78, 5) is 15.0. The molecule has 0 saturated heterocycles. The lowest BCUT2D eigenvalue weighted by molar-refractivity contribution is 0.101. The van der Waals surface area contributed by atoms with Gasteiger partial charge < -0.3 is 4.74 Å². The fourth-order valence-corrected chi connectivity index (χ4v) is 1.24. The Bertz CT molecular complexity index is 333. The zero-order valence-electron chi connectivity index (χ0n) is 6.83. The predicted octanol–water partition coefficient (Wildman–Crippen LogP) is 1.22. The average Bonchev–Trinajstić information content (AvgIpc) is 2.49. The first kappa shape index (κ1) is 7.28. The number of carbonyl (C=O) groups excluding carboxylic acids is 1. The molecule has 0 N–H and O–H groups in total. The number of aromatic nitrogens is 1. The van der Waals surface area contributed by atoms with Gasteiger partial charge in [0.15, 0.2) is 5.78 Å². The van der Waals surface area contributed by atoms with Crippen LogP contribution < -0.4 is 4.74 Å². The molecule has 0 radical (unpaired) electrons. The van der Waals surface area contributed by atoms with Crippen LogP contribution in [0.5, 0.6) is 5.88 Å². The van der Waals surface area contributed by atoms with Crippen molar-refractivity contribution in [2.24, 2.45) is 0 Å². The first-order valence-corrected chi connectivity index (χ1v) is 3.91. The Morgan fingerprint density at radius 3 is 3.17 bits per heavy atom. The second-order valence-corrected chi connectivity index (χ2v) is 2.82. The van der Waals surface area contributed by atoms with Gasteiger partial charge >= 0.3 is 0 Å². The van der Waals surface area contributed by atoms with E-state index >= 15 is 0 Å². The van der Waals surface area contributed by atoms with Gasteiger partial charge in [-0.15, -0.1) is 0 Å². The lowest BCUT2D eigenvalue weighted by Crippen LogP contribution is -1.97. The van der Waals surface area contributed by atoms with Crippen LogP contribution in [0.4, 0.5) is 0 Å². The number of fused-ring (bicyclic) bond motifs is 1. The fraction of sp³-hybridized carbons (Fsp3) is 0.333. The van der Waals surface area contributed by atoms with Gasteiger partial charge in [0.25, 0.3) is 0 Å². The largest absolute Gasteiger partial charge is 0.477 e. The molecule has 2 heterocycles. The average molecular weight is 163 g/mol. The number of ether oxygens (including phenoxy) is 1. The third-order valence-corrected chi connectivity index (χ3v) is 1.91. The minimum Gasteiger partial charge on any atom is -0.477 e. The van der Waals surface area contributed by atoms with Gasteiger partial charge in [0.05, 0.1) is 6.61 Å². The zero-order valence-corrected chi connectivity index (χ0v) is 6.83. The van der Waals surface area contributed by atoms with Gasteiger partial charge in [-0.25, -0.2) is 4.98 Å². The molecule has 3 heteroatoms. The Labute approximate surface area is 70.4 Å². The molecule has 2 rings (SSSR count). The van der Waals surface area contributed by atoms with Crippen LogP contribution in [0.2, 0.25) is 0 Å². The summed E-state index contributed by atoms with van der Waals surface area (Å²) in [6.45, 7) is 2.19. The van der Waals surface area contributed by atoms with Crippen molar-refractivity contribution in [2.75, 3.05) is 6.61 Å². The van der Waals surface area contributed by atoms with Gasteiger partial charge in [-0.1, -0.05) is 6.07 Å². The number of ketones is 1. The molecule has 1 aliphatic rings. The van der Waals surface area contributed by atoms with Crippen LogP contribution in [0.15, 0.2) is 12.1 Å². The Kier molecular flexibility index (Phi) is 1.57. The number of hydrogen-bond acceptors (Lipinski definition) is 3. The second kappa shape index (κ2) is 2.59. The quantitative estimate of drug-likeness (QED) is 0.584. The third-order valence-electron chi connectivity index (χ3n) is 1.91. The van der Waals surface area contributed by atoms with Crippen LogP contribution in [0.1, 0.15) is 23.0 Å². The number of carbonyl (C=O) groups is 1. The van der Waals surface area contributed by atoms with E-state index in [0.29, 0.717) is 18.2 Å². The molecule has 0 unspecified atom stereocenters. The van der Waals surface area contributed by atoms with Crippen LogP contribution in [0.25, 0.3) is 0 Å². The smallest absolute Gasteiger partial charge is 0.217 e. The van der Waals surface area contributed by atoms with Crippen molar-refractivity contribution in [3.8, 4) is 5.88 Å². The number of pyridine rings is 1. The molecule has 1 aromatic heterocycles. The summed E-state index contributed by atoms with van der Waals surface area (Å²) in [6, 6.07) is 3.65. The van der Waals surface area contributed by atoms with Crippen molar-refractivity contribution < 1.29 is 9.53 Å². The Morgan fingerprint density at radius 2 is 2.42 bits per heavy atom. The number of rotatable bonds is 1. The molecular weight excluding hydrogens is 154 g/mol. The lowest BCUT2D eigenvalue weighted by Gasteiger charge is -1.98. The van der Waals surface area contributed by atoms with E-state index in [1.54, 1.807) is 6.07 Å². The minimum atomic E-state index is -0.0201. The maximum Gasteiger partial charge on any atom is 0.217 e. The summed E-state index contributed by atoms with van der Waals surface area (Å²) in [6.07, 6.45) is 0.903. The van der Waals surface area contributed by atoms with Crippen LogP contribution in [-0.2, 0) is 6.42 Å². The third kappa shape index (κ3) is 1.07. The summed E-state index contributed by atoms with van der Waals surface area (Å²) in [5.74, 6) is 0.607. The highest BCUT2D eigenvalue weighted by Crippen LogP contribution is 2.22. The van der Waals surface area contributed by atoms with E-state index in [1.807, 2.05) is 6.07 Å². The highest BCUT2D eigenvalue weighted by Gasteiger charge is 2.14. The Morgan fingerprint density at radius 1 is 1.58 bits per heavy atom. The Balaban J connectivity index is 2.45. The van der Waals surface area contributed by atoms with E-state index in [1.165, 1.54) is 6.92 Å². The summed E-state index contributed by atoms with van der Waals surface area (Å²) < 4.78 is 5.23. The minimum absolute atomic E-state index is 0.0201. The van der Waals surface area contributed by atoms with Crippen molar-refractivity contribution in [1.82, 2.24) is 4.98 Å². The summed E-state index contributed by atoms with van der Waals surface area (Å²) in [7, 11) is 0. The number of hydrogen-bond donors (Lipinski definition) is 0. The maximum atomic E-state index is 10.9. The summed E-state index contributed by atoms with van der Waals surface area (Å²) >= 11 is 0. The molecule has 0 saturated carbocycles. The molecule has 0 fully saturated rings. The van der Waals surface area contributed by atoms with E-state index in [0.717, 1.165) is 12.0 Å². The molecule has 1 aliphatic heterocycles. The van der Waals surface area contributed by atoms with Crippen LogP contribution >= 0.6 is 0 Å². The van der Waals surface area contributed by atoms with Crippen molar-refractivity contribution in [1.29, 1.82) is 0 Å². The molecule has 0 atom stereocenters. The lowest BCUT2D eigenvalue weighted by atomic mass is 10.2. The molecule has 12 heavy (non-hydrogen) atoms. The second-order valence-electron chi connectivity index (χ2n) is 2.82. The Hall–Kier alpha value is -1.38. The van der Waals surface area contributed by atoms with E-state index in [-0.39, 0.29) is 5.78 Å². The van der Waals surface area contributed by atoms with Gasteiger partial charge in [0.1, 0.15) is 5.69 Å². The van der Waals surface area contributed by atoms with E-state index in [2.05, 4.69) is 4.98 Å². The van der Waals surface area contributed by atoms with Gasteiger partial charge in [-0.05, 0) is 6.07 Å². The standard InChI is InChI=1S/C9H9NO2/c1-6(11)8-3-2-7-4-5-12-9(7)10-8/h2-3H,4-5H2,1H3. The molecule has 62 valence electrons. The molecule has 0 spiro atoms. The summed E-state index contributed by atoms with van der Waals surface area (Å²) in [5.41, 5.74) is 1.58. The van der Waals surface area contributed by atoms with Crippen molar-refractivity contribution in [3.63, 3.8) is 0 Å². The van der Waals surface area contributed by atoms with Crippen molar-refractivity contribution >= 4 is 5.78 Å². The molecule has 0 amide bonds.